The van der Waals surface area contributed by atoms with Gasteiger partial charge in [0.05, 0.1) is 25.0 Å². The van der Waals surface area contributed by atoms with E-state index in [2.05, 4.69) is 20.9 Å². The number of nitrogens with one attached hydrogen (secondary N) is 3. The lowest BCUT2D eigenvalue weighted by molar-refractivity contribution is -0.114. The molecule has 42 heavy (non-hydrogen) atoms. The van der Waals surface area contributed by atoms with Crippen LogP contribution in [0, 0.1) is 0 Å². The number of amides is 3. The van der Waals surface area contributed by atoms with Gasteiger partial charge in [0.15, 0.2) is 0 Å². The highest BCUT2D eigenvalue weighted by atomic mass is 35.5. The van der Waals surface area contributed by atoms with E-state index >= 15 is 0 Å². The summed E-state index contributed by atoms with van der Waals surface area (Å²) in [7, 11) is 3.04. The van der Waals surface area contributed by atoms with Gasteiger partial charge >= 0.3 is 0 Å². The third-order valence-electron chi connectivity index (χ3n) is 5.73. The summed E-state index contributed by atoms with van der Waals surface area (Å²) in [5.41, 5.74) is 1.43. The molecular weight excluding hydrogens is 576 g/mol. The molecule has 3 N–H and O–H groups in total. The standard InChI is InChI=1S/C31H27ClN4O5S/c1-40-24-13-11-21(27(17-24)41-2)15-26(35-30(38)20-7-4-3-5-8-20)31(39)34-23-9-6-10-25(16-23)42-19-29(37)36-28-14-12-22(32)18-33-28/h3-18H,19H2,1-2H3,(H,34,39)(H,35,38)(H,33,36,37)/b26-15+. The molecule has 0 aliphatic rings. The van der Waals surface area contributed by atoms with E-state index < -0.39 is 11.8 Å². The maximum absolute atomic E-state index is 13.5. The van der Waals surface area contributed by atoms with E-state index in [0.717, 1.165) is 4.90 Å². The van der Waals surface area contributed by atoms with Crippen LogP contribution >= 0.6 is 23.4 Å². The SMILES string of the molecule is COc1ccc(/C=C(/NC(=O)c2ccccc2)C(=O)Nc2cccc(SCC(=O)Nc3ccc(Cl)cn3)c2)c(OC)c1. The molecule has 0 saturated carbocycles. The van der Waals surface area contributed by atoms with Gasteiger partial charge in [-0.15, -0.1) is 11.8 Å². The third kappa shape index (κ3) is 8.60. The monoisotopic (exact) mass is 602 g/mol. The molecule has 0 aliphatic carbocycles. The Bertz CT molecular complexity index is 1600. The molecule has 1 aromatic heterocycles. The Balaban J connectivity index is 1.50. The lowest BCUT2D eigenvalue weighted by Crippen LogP contribution is -2.30. The van der Waals surface area contributed by atoms with Crippen LogP contribution in [-0.4, -0.2) is 42.7 Å². The van der Waals surface area contributed by atoms with Gasteiger partial charge in [-0.3, -0.25) is 14.4 Å². The number of hydrogen-bond donors (Lipinski definition) is 3. The zero-order chi connectivity index (χ0) is 29.9. The number of anilines is 2. The smallest absolute Gasteiger partial charge is 0.272 e. The van der Waals surface area contributed by atoms with Crippen LogP contribution in [0.5, 0.6) is 11.5 Å². The van der Waals surface area contributed by atoms with Gasteiger partial charge in [-0.25, -0.2) is 4.98 Å². The molecule has 11 heteroatoms. The van der Waals surface area contributed by atoms with Gasteiger partial charge in [0.2, 0.25) is 5.91 Å². The zero-order valence-electron chi connectivity index (χ0n) is 22.7. The van der Waals surface area contributed by atoms with Crippen molar-refractivity contribution in [3.8, 4) is 11.5 Å². The summed E-state index contributed by atoms with van der Waals surface area (Å²) in [4.78, 5) is 43.6. The van der Waals surface area contributed by atoms with Crippen LogP contribution in [0.15, 0.2) is 102 Å². The summed E-state index contributed by atoms with van der Waals surface area (Å²) >= 11 is 7.12. The molecule has 3 aromatic carbocycles. The quantitative estimate of drug-likeness (QED) is 0.145. The van der Waals surface area contributed by atoms with E-state index in [9.17, 15) is 14.4 Å². The fourth-order valence-electron chi connectivity index (χ4n) is 3.68. The number of halogens is 1. The highest BCUT2D eigenvalue weighted by Gasteiger charge is 2.17. The van der Waals surface area contributed by atoms with Crippen molar-refractivity contribution in [3.05, 3.63) is 113 Å². The Hall–Kier alpha value is -4.80. The maximum Gasteiger partial charge on any atom is 0.272 e. The van der Waals surface area contributed by atoms with E-state index in [1.54, 1.807) is 86.0 Å². The van der Waals surface area contributed by atoms with Gasteiger partial charge in [-0.1, -0.05) is 35.9 Å². The average molecular weight is 603 g/mol. The molecule has 0 fully saturated rings. The Morgan fingerprint density at radius 1 is 0.905 bits per heavy atom. The second kappa shape index (κ2) is 14.7. The first kappa shape index (κ1) is 30.2. The predicted molar refractivity (Wildman–Crippen MR) is 165 cm³/mol. The van der Waals surface area contributed by atoms with E-state index in [4.69, 9.17) is 21.1 Å². The number of ether oxygens (including phenoxy) is 2. The summed E-state index contributed by atoms with van der Waals surface area (Å²) in [6.07, 6.45) is 2.98. The molecule has 0 bridgehead atoms. The lowest BCUT2D eigenvalue weighted by Gasteiger charge is -2.13. The summed E-state index contributed by atoms with van der Waals surface area (Å²) < 4.78 is 10.7. The summed E-state index contributed by atoms with van der Waals surface area (Å²) in [6.45, 7) is 0. The van der Waals surface area contributed by atoms with Gasteiger partial charge in [-0.05, 0) is 60.7 Å². The van der Waals surface area contributed by atoms with Crippen molar-refractivity contribution in [1.29, 1.82) is 0 Å². The topological polar surface area (TPSA) is 119 Å². The molecule has 3 amide bonds. The second-order valence-electron chi connectivity index (χ2n) is 8.67. The number of hydrogen-bond acceptors (Lipinski definition) is 7. The van der Waals surface area contributed by atoms with Gasteiger partial charge in [0, 0.05) is 34.0 Å². The van der Waals surface area contributed by atoms with Crippen LogP contribution in [0.2, 0.25) is 5.02 Å². The fourth-order valence-corrected chi connectivity index (χ4v) is 4.54. The van der Waals surface area contributed by atoms with Crippen molar-refractivity contribution >= 4 is 58.7 Å². The molecule has 0 atom stereocenters. The van der Waals surface area contributed by atoms with Crippen LogP contribution in [0.3, 0.4) is 0 Å². The molecule has 0 spiro atoms. The Morgan fingerprint density at radius 3 is 2.43 bits per heavy atom. The van der Waals surface area contributed by atoms with Gasteiger partial charge < -0.3 is 25.4 Å². The first-order valence-electron chi connectivity index (χ1n) is 12.6. The Kier molecular flexibility index (Phi) is 10.6. The van der Waals surface area contributed by atoms with E-state index in [-0.39, 0.29) is 17.4 Å². The van der Waals surface area contributed by atoms with E-state index in [1.165, 1.54) is 31.1 Å². The van der Waals surface area contributed by atoms with Crippen molar-refractivity contribution in [3.63, 3.8) is 0 Å². The van der Waals surface area contributed by atoms with Crippen molar-refractivity contribution in [1.82, 2.24) is 10.3 Å². The number of benzene rings is 3. The summed E-state index contributed by atoms with van der Waals surface area (Å²) in [5, 5.41) is 8.72. The zero-order valence-corrected chi connectivity index (χ0v) is 24.3. The molecular formula is C31H27ClN4O5S. The number of carbonyl (C=O) groups excluding carboxylic acids is 3. The van der Waals surface area contributed by atoms with Gasteiger partial charge in [0.1, 0.15) is 23.0 Å². The van der Waals surface area contributed by atoms with Crippen LogP contribution in [-0.2, 0) is 9.59 Å². The largest absolute Gasteiger partial charge is 0.497 e. The van der Waals surface area contributed by atoms with Crippen LogP contribution in [0.25, 0.3) is 6.08 Å². The third-order valence-corrected chi connectivity index (χ3v) is 6.94. The van der Waals surface area contributed by atoms with E-state index in [0.29, 0.717) is 39.2 Å². The molecule has 214 valence electrons. The van der Waals surface area contributed by atoms with E-state index in [1.807, 2.05) is 6.07 Å². The van der Waals surface area contributed by atoms with Crippen LogP contribution in [0.4, 0.5) is 11.5 Å². The summed E-state index contributed by atoms with van der Waals surface area (Å²) in [5.74, 6) is 0.315. The highest BCUT2D eigenvalue weighted by molar-refractivity contribution is 8.00. The lowest BCUT2D eigenvalue weighted by atomic mass is 10.1. The normalized spacial score (nSPS) is 10.9. The molecule has 4 rings (SSSR count). The number of carbonyl (C=O) groups is 3. The van der Waals surface area contributed by atoms with Crippen LogP contribution < -0.4 is 25.4 Å². The molecule has 9 nitrogen and oxygen atoms in total. The van der Waals surface area contributed by atoms with Crippen molar-refractivity contribution < 1.29 is 23.9 Å². The first-order chi connectivity index (χ1) is 20.3. The highest BCUT2D eigenvalue weighted by Crippen LogP contribution is 2.27. The fraction of sp³-hybridized carbons (Fsp3) is 0.0968. The van der Waals surface area contributed by atoms with Gasteiger partial charge in [-0.2, -0.15) is 0 Å². The number of thioether (sulfide) groups is 1. The van der Waals surface area contributed by atoms with Crippen molar-refractivity contribution in [2.24, 2.45) is 0 Å². The minimum atomic E-state index is -0.550. The predicted octanol–water partition coefficient (Wildman–Crippen LogP) is 5.89. The maximum atomic E-state index is 13.5. The van der Waals surface area contributed by atoms with Crippen molar-refractivity contribution in [2.75, 3.05) is 30.6 Å². The molecule has 0 unspecified atom stereocenters. The number of rotatable bonds is 11. The molecule has 0 aliphatic heterocycles. The summed E-state index contributed by atoms with van der Waals surface area (Å²) in [6, 6.07) is 24.0. The van der Waals surface area contributed by atoms with Gasteiger partial charge in [0.25, 0.3) is 11.8 Å². The number of nitrogens with zero attached hydrogens (tertiary/aromatic N) is 1. The van der Waals surface area contributed by atoms with Crippen LogP contribution in [0.1, 0.15) is 15.9 Å². The molecule has 1 heterocycles. The minimum Gasteiger partial charge on any atom is -0.497 e. The molecule has 4 aromatic rings. The number of pyridine rings is 1. The second-order valence-corrected chi connectivity index (χ2v) is 10.2. The molecule has 0 radical (unpaired) electrons. The Morgan fingerprint density at radius 2 is 1.71 bits per heavy atom. The Labute approximate surface area is 252 Å². The first-order valence-corrected chi connectivity index (χ1v) is 14.0. The number of aromatic nitrogens is 1. The average Bonchev–Trinajstić information content (AvgIpc) is 3.01. The number of methoxy groups -OCH3 is 2. The minimum absolute atomic E-state index is 0.000202. The van der Waals surface area contributed by atoms with Crippen molar-refractivity contribution in [2.45, 2.75) is 4.90 Å². The molecule has 0 saturated heterocycles.